The molecule has 5 nitrogen and oxygen atoms in total. The van der Waals surface area contributed by atoms with Crippen LogP contribution in [0.25, 0.3) is 5.84 Å². The van der Waals surface area contributed by atoms with Gasteiger partial charge in [-0.15, -0.1) is 0 Å². The molecular formula is C6H7N2NaO3S. The molecule has 0 atom stereocenters. The summed E-state index contributed by atoms with van der Waals surface area (Å²) in [7, 11) is -4.23. The number of hydrogen-bond acceptors (Lipinski definition) is 3. The minimum Gasteiger partial charge on any atom is -0.586 e. The molecule has 0 heterocycles. The van der Waals surface area contributed by atoms with Gasteiger partial charge in [0, 0.05) is 5.69 Å². The first kappa shape index (κ1) is 12.9. The second kappa shape index (κ2) is 4.94. The molecule has 0 aliphatic rings. The summed E-state index contributed by atoms with van der Waals surface area (Å²) < 4.78 is 29.9. The minimum absolute atomic E-state index is 0. The van der Waals surface area contributed by atoms with Crippen LogP contribution in [-0.2, 0) is 10.1 Å². The molecule has 0 aliphatic heterocycles. The van der Waals surface area contributed by atoms with Gasteiger partial charge in [0.15, 0.2) is 0 Å². The Labute approximate surface area is 98.3 Å². The number of hydrogen-bond donors (Lipinski definition) is 2. The average molecular weight is 210 g/mol. The monoisotopic (exact) mass is 210 g/mol. The first-order chi connectivity index (χ1) is 5.55. The Balaban J connectivity index is 0.00000144. The molecule has 66 valence electrons. The van der Waals surface area contributed by atoms with Crippen molar-refractivity contribution in [2.24, 2.45) is 0 Å². The van der Waals surface area contributed by atoms with Crippen LogP contribution in [0.4, 0.5) is 5.69 Å². The van der Waals surface area contributed by atoms with Crippen molar-refractivity contribution in [1.82, 2.24) is 0 Å². The van der Waals surface area contributed by atoms with Crippen molar-refractivity contribution in [3.8, 4) is 0 Å². The summed E-state index contributed by atoms with van der Waals surface area (Å²) in [6.07, 6.45) is 0. The second-order valence-electron chi connectivity index (χ2n) is 2.10. The fourth-order valence-electron chi connectivity index (χ4n) is 0.795. The van der Waals surface area contributed by atoms with E-state index in [9.17, 15) is 8.42 Å². The maximum absolute atomic E-state index is 10.6. The van der Waals surface area contributed by atoms with E-state index in [0.717, 1.165) is 0 Å². The number of rotatable bonds is 2. The van der Waals surface area contributed by atoms with Crippen LogP contribution in [0.2, 0.25) is 0 Å². The van der Waals surface area contributed by atoms with Crippen molar-refractivity contribution in [2.45, 2.75) is 4.90 Å². The molecule has 1 aromatic rings. The van der Waals surface area contributed by atoms with Crippen molar-refractivity contribution in [3.05, 3.63) is 30.1 Å². The first-order valence-corrected chi connectivity index (χ1v) is 4.49. The Bertz CT molecular complexity index is 379. The van der Waals surface area contributed by atoms with Gasteiger partial charge >= 0.3 is 29.6 Å². The van der Waals surface area contributed by atoms with Gasteiger partial charge in [-0.25, -0.2) is 0 Å². The molecular weight excluding hydrogens is 203 g/mol. The zero-order valence-electron chi connectivity index (χ0n) is 6.98. The Morgan fingerprint density at radius 1 is 1.31 bits per heavy atom. The Kier molecular flexibility index (Phi) is 4.90. The second-order valence-corrected chi connectivity index (χ2v) is 3.49. The van der Waals surface area contributed by atoms with Gasteiger partial charge in [-0.2, -0.15) is 8.42 Å². The van der Waals surface area contributed by atoms with E-state index in [2.05, 4.69) is 0 Å². The summed E-state index contributed by atoms with van der Waals surface area (Å²) >= 11 is 0. The van der Waals surface area contributed by atoms with Crippen molar-refractivity contribution < 1.29 is 42.5 Å². The number of nitrogens with one attached hydrogen (secondary N) is 2. The number of para-hydroxylation sites is 1. The average Bonchev–Trinajstić information content (AvgIpc) is 2.03. The summed E-state index contributed by atoms with van der Waals surface area (Å²) in [4.78, 5) is -0.292. The fourth-order valence-corrected chi connectivity index (χ4v) is 1.44. The fraction of sp³-hybridized carbons (Fsp3) is 0. The topological polar surface area (TPSA) is 90.2 Å². The molecule has 0 aliphatic carbocycles. The van der Waals surface area contributed by atoms with Crippen LogP contribution in [0.3, 0.4) is 0 Å². The van der Waals surface area contributed by atoms with Gasteiger partial charge in [0.2, 0.25) is 0 Å². The van der Waals surface area contributed by atoms with Gasteiger partial charge in [0.25, 0.3) is 10.1 Å². The SMILES string of the molecule is [NH-]Nc1ccccc1S(=O)(=O)O.[Na+]. The van der Waals surface area contributed by atoms with Gasteiger partial charge in [-0.3, -0.25) is 4.55 Å². The molecule has 0 fully saturated rings. The molecule has 1 aromatic carbocycles. The van der Waals surface area contributed by atoms with E-state index in [4.69, 9.17) is 10.4 Å². The largest absolute Gasteiger partial charge is 1.00 e. The molecule has 0 saturated heterocycles. The van der Waals surface area contributed by atoms with E-state index < -0.39 is 10.1 Å². The maximum Gasteiger partial charge on any atom is 1.00 e. The van der Waals surface area contributed by atoms with Crippen molar-refractivity contribution in [1.29, 1.82) is 0 Å². The molecule has 0 unspecified atom stereocenters. The summed E-state index contributed by atoms with van der Waals surface area (Å²) in [6, 6.07) is 5.62. The maximum atomic E-state index is 10.6. The molecule has 1 rings (SSSR count). The van der Waals surface area contributed by atoms with E-state index in [1.54, 1.807) is 6.07 Å². The molecule has 3 N–H and O–H groups in total. The zero-order chi connectivity index (χ0) is 9.19. The van der Waals surface area contributed by atoms with Gasteiger partial charge in [0.1, 0.15) is 4.90 Å². The number of benzene rings is 1. The Hall–Kier alpha value is -0.110. The van der Waals surface area contributed by atoms with Crippen LogP contribution in [0.1, 0.15) is 0 Å². The minimum atomic E-state index is -4.23. The van der Waals surface area contributed by atoms with Crippen LogP contribution < -0.4 is 35.0 Å². The summed E-state index contributed by atoms with van der Waals surface area (Å²) in [5.74, 6) is 6.74. The Morgan fingerprint density at radius 3 is 2.23 bits per heavy atom. The molecule has 0 spiro atoms. The third-order valence-electron chi connectivity index (χ3n) is 1.30. The number of anilines is 1. The molecule has 0 aromatic heterocycles. The van der Waals surface area contributed by atoms with Crippen LogP contribution in [-0.4, -0.2) is 13.0 Å². The predicted octanol–water partition coefficient (Wildman–Crippen LogP) is -1.68. The van der Waals surface area contributed by atoms with Crippen molar-refractivity contribution in [3.63, 3.8) is 0 Å². The quantitative estimate of drug-likeness (QED) is 0.346. The van der Waals surface area contributed by atoms with Crippen LogP contribution in [0.15, 0.2) is 29.2 Å². The normalized spacial score (nSPS) is 10.3. The molecule has 13 heavy (non-hydrogen) atoms. The van der Waals surface area contributed by atoms with E-state index in [1.807, 2.05) is 5.43 Å². The third kappa shape index (κ3) is 3.26. The first-order valence-electron chi connectivity index (χ1n) is 3.05. The molecule has 0 radical (unpaired) electrons. The van der Waals surface area contributed by atoms with E-state index in [1.165, 1.54) is 18.2 Å². The molecule has 7 heteroatoms. The zero-order valence-corrected chi connectivity index (χ0v) is 9.80. The predicted molar refractivity (Wildman–Crippen MR) is 44.2 cm³/mol. The molecule has 0 saturated carbocycles. The van der Waals surface area contributed by atoms with Crippen LogP contribution in [0, 0.1) is 0 Å². The summed E-state index contributed by atoms with van der Waals surface area (Å²) in [5.41, 5.74) is 1.97. The van der Waals surface area contributed by atoms with Gasteiger partial charge in [0.05, 0.1) is 0 Å². The van der Waals surface area contributed by atoms with E-state index >= 15 is 0 Å². The standard InChI is InChI=1S/C6H7N2O3S.Na/c7-8-5-3-1-2-4-6(5)12(9,10)11;/h1-4,7-8H,(H,9,10,11);/q-1;+1. The summed E-state index contributed by atoms with van der Waals surface area (Å²) in [6.45, 7) is 0. The van der Waals surface area contributed by atoms with Gasteiger partial charge in [-0.1, -0.05) is 12.1 Å². The van der Waals surface area contributed by atoms with Gasteiger partial charge in [-0.05, 0) is 12.1 Å². The smallest absolute Gasteiger partial charge is 0.586 e. The molecule has 0 amide bonds. The van der Waals surface area contributed by atoms with Crippen LogP contribution >= 0.6 is 0 Å². The van der Waals surface area contributed by atoms with E-state index in [-0.39, 0.29) is 40.1 Å². The van der Waals surface area contributed by atoms with Crippen molar-refractivity contribution >= 4 is 15.8 Å². The van der Waals surface area contributed by atoms with Crippen molar-refractivity contribution in [2.75, 3.05) is 5.43 Å². The van der Waals surface area contributed by atoms with Gasteiger partial charge < -0.3 is 11.3 Å². The Morgan fingerprint density at radius 2 is 1.85 bits per heavy atom. The summed E-state index contributed by atoms with van der Waals surface area (Å²) in [5, 5.41) is 0. The molecule has 0 bridgehead atoms. The van der Waals surface area contributed by atoms with E-state index in [0.29, 0.717) is 0 Å². The van der Waals surface area contributed by atoms with Crippen LogP contribution in [0.5, 0.6) is 0 Å². The third-order valence-corrected chi connectivity index (χ3v) is 2.21.